The molecule has 5 heteroatoms. The highest BCUT2D eigenvalue weighted by Crippen LogP contribution is 2.15. The lowest BCUT2D eigenvalue weighted by Crippen LogP contribution is -2.17. The molecular formula is C15H14N4O. The number of anilines is 1. The molecule has 0 aliphatic carbocycles. The van der Waals surface area contributed by atoms with E-state index in [1.165, 1.54) is 0 Å². The molecule has 1 amide bonds. The molecule has 0 atom stereocenters. The molecule has 3 aromatic heterocycles. The van der Waals surface area contributed by atoms with Gasteiger partial charge in [-0.2, -0.15) is 0 Å². The normalized spacial score (nSPS) is 10.7. The molecule has 0 unspecified atom stereocenters. The standard InChI is InChI=1S/C15H14N4O/c1-10-6-5-8-16-14(10)18-15(20)13-11(2)17-12-7-3-4-9-19(12)13/h3-9H,1-2H3,(H,16,18,20). The molecule has 0 aliphatic rings. The number of aromatic nitrogens is 3. The molecule has 0 fully saturated rings. The van der Waals surface area contributed by atoms with E-state index in [1.54, 1.807) is 10.6 Å². The second-order valence-electron chi connectivity index (χ2n) is 4.60. The summed E-state index contributed by atoms with van der Waals surface area (Å²) in [5.74, 6) is 0.366. The van der Waals surface area contributed by atoms with Crippen LogP contribution in [0.15, 0.2) is 42.7 Å². The number of nitrogens with one attached hydrogen (secondary N) is 1. The van der Waals surface area contributed by atoms with Gasteiger partial charge < -0.3 is 5.32 Å². The fourth-order valence-corrected chi connectivity index (χ4v) is 2.17. The van der Waals surface area contributed by atoms with Crippen molar-refractivity contribution in [2.45, 2.75) is 13.8 Å². The van der Waals surface area contributed by atoms with Crippen molar-refractivity contribution in [3.63, 3.8) is 0 Å². The van der Waals surface area contributed by atoms with Crippen LogP contribution < -0.4 is 5.32 Å². The Kier molecular flexibility index (Phi) is 2.95. The van der Waals surface area contributed by atoms with Crippen LogP contribution in [0, 0.1) is 13.8 Å². The molecule has 3 heterocycles. The maximum atomic E-state index is 12.5. The fraction of sp³-hybridized carbons (Fsp3) is 0.133. The number of nitrogens with zero attached hydrogens (tertiary/aromatic N) is 3. The Bertz CT molecular complexity index is 791. The SMILES string of the molecule is Cc1cccnc1NC(=O)c1c(C)nc2ccccn12. The highest BCUT2D eigenvalue weighted by atomic mass is 16.2. The van der Waals surface area contributed by atoms with E-state index in [0.29, 0.717) is 17.2 Å². The van der Waals surface area contributed by atoms with Crippen LogP contribution in [0.2, 0.25) is 0 Å². The summed E-state index contributed by atoms with van der Waals surface area (Å²) < 4.78 is 1.78. The average Bonchev–Trinajstić information content (AvgIpc) is 2.77. The maximum Gasteiger partial charge on any atom is 0.275 e. The lowest BCUT2D eigenvalue weighted by atomic mass is 10.2. The van der Waals surface area contributed by atoms with Crippen molar-refractivity contribution in [1.29, 1.82) is 0 Å². The van der Waals surface area contributed by atoms with Crippen molar-refractivity contribution in [3.8, 4) is 0 Å². The van der Waals surface area contributed by atoms with Crippen molar-refractivity contribution in [2.75, 3.05) is 5.32 Å². The third-order valence-electron chi connectivity index (χ3n) is 3.16. The van der Waals surface area contributed by atoms with Gasteiger partial charge in [-0.15, -0.1) is 0 Å². The van der Waals surface area contributed by atoms with Crippen LogP contribution >= 0.6 is 0 Å². The Morgan fingerprint density at radius 3 is 2.85 bits per heavy atom. The summed E-state index contributed by atoms with van der Waals surface area (Å²) >= 11 is 0. The Morgan fingerprint density at radius 2 is 2.05 bits per heavy atom. The van der Waals surface area contributed by atoms with Crippen LogP contribution in [0.25, 0.3) is 5.65 Å². The van der Waals surface area contributed by atoms with Crippen LogP contribution in [-0.2, 0) is 0 Å². The first-order valence-corrected chi connectivity index (χ1v) is 6.33. The second-order valence-corrected chi connectivity index (χ2v) is 4.60. The van der Waals surface area contributed by atoms with Crippen LogP contribution in [0.1, 0.15) is 21.7 Å². The van der Waals surface area contributed by atoms with E-state index >= 15 is 0 Å². The first kappa shape index (κ1) is 12.3. The summed E-state index contributed by atoms with van der Waals surface area (Å²) in [5, 5.41) is 2.83. The van der Waals surface area contributed by atoms with E-state index in [0.717, 1.165) is 11.2 Å². The molecule has 0 aliphatic heterocycles. The summed E-state index contributed by atoms with van der Waals surface area (Å²) in [5.41, 5.74) is 2.91. The number of fused-ring (bicyclic) bond motifs is 1. The maximum absolute atomic E-state index is 12.5. The van der Waals surface area contributed by atoms with E-state index in [-0.39, 0.29) is 5.91 Å². The number of hydrogen-bond donors (Lipinski definition) is 1. The highest BCUT2D eigenvalue weighted by Gasteiger charge is 2.17. The summed E-state index contributed by atoms with van der Waals surface area (Å²) in [6.07, 6.45) is 3.49. The van der Waals surface area contributed by atoms with Crippen LogP contribution in [0.3, 0.4) is 0 Å². The third kappa shape index (κ3) is 2.03. The number of imidazole rings is 1. The zero-order chi connectivity index (χ0) is 14.1. The van der Waals surface area contributed by atoms with Crippen LogP contribution in [0.4, 0.5) is 5.82 Å². The molecule has 20 heavy (non-hydrogen) atoms. The van der Waals surface area contributed by atoms with E-state index in [4.69, 9.17) is 0 Å². The number of carbonyl (C=O) groups excluding carboxylic acids is 1. The molecule has 0 saturated heterocycles. The van der Waals surface area contributed by atoms with Gasteiger partial charge in [0.15, 0.2) is 0 Å². The predicted molar refractivity (Wildman–Crippen MR) is 76.9 cm³/mol. The van der Waals surface area contributed by atoms with E-state index in [1.807, 2.05) is 50.4 Å². The van der Waals surface area contributed by atoms with Crippen LogP contribution in [-0.4, -0.2) is 20.3 Å². The zero-order valence-electron chi connectivity index (χ0n) is 11.3. The van der Waals surface area contributed by atoms with Gasteiger partial charge in [0.2, 0.25) is 0 Å². The molecule has 5 nitrogen and oxygen atoms in total. The molecule has 100 valence electrons. The Labute approximate surface area is 116 Å². The lowest BCUT2D eigenvalue weighted by molar-refractivity contribution is 0.102. The zero-order valence-corrected chi connectivity index (χ0v) is 11.3. The third-order valence-corrected chi connectivity index (χ3v) is 3.16. The molecule has 3 aromatic rings. The quantitative estimate of drug-likeness (QED) is 0.775. The molecule has 0 aromatic carbocycles. The predicted octanol–water partition coefficient (Wildman–Crippen LogP) is 2.60. The van der Waals surface area contributed by atoms with E-state index in [2.05, 4.69) is 15.3 Å². The van der Waals surface area contributed by atoms with Gasteiger partial charge in [0, 0.05) is 12.4 Å². The molecule has 0 radical (unpaired) electrons. The number of pyridine rings is 2. The van der Waals surface area contributed by atoms with E-state index in [9.17, 15) is 4.79 Å². The number of amides is 1. The van der Waals surface area contributed by atoms with Crippen molar-refractivity contribution in [2.24, 2.45) is 0 Å². The Balaban J connectivity index is 2.01. The fourth-order valence-electron chi connectivity index (χ4n) is 2.17. The van der Waals surface area contributed by atoms with E-state index < -0.39 is 0 Å². The Morgan fingerprint density at radius 1 is 1.20 bits per heavy atom. The average molecular weight is 266 g/mol. The molecule has 0 spiro atoms. The lowest BCUT2D eigenvalue weighted by Gasteiger charge is -2.07. The number of aryl methyl sites for hydroxylation is 2. The Hall–Kier alpha value is -2.69. The van der Waals surface area contributed by atoms with Crippen molar-refractivity contribution in [1.82, 2.24) is 14.4 Å². The smallest absolute Gasteiger partial charge is 0.275 e. The molecular weight excluding hydrogens is 252 g/mol. The van der Waals surface area contributed by atoms with Gasteiger partial charge in [0.25, 0.3) is 5.91 Å². The minimum Gasteiger partial charge on any atom is -0.305 e. The van der Waals surface area contributed by atoms with Crippen LogP contribution in [0.5, 0.6) is 0 Å². The molecule has 0 saturated carbocycles. The van der Waals surface area contributed by atoms with Gasteiger partial charge in [-0.1, -0.05) is 12.1 Å². The van der Waals surface area contributed by atoms with Gasteiger partial charge in [0.05, 0.1) is 5.69 Å². The number of hydrogen-bond acceptors (Lipinski definition) is 3. The van der Waals surface area contributed by atoms with Crippen molar-refractivity contribution >= 4 is 17.4 Å². The molecule has 3 rings (SSSR count). The summed E-state index contributed by atoms with van der Waals surface area (Å²) in [7, 11) is 0. The largest absolute Gasteiger partial charge is 0.305 e. The first-order valence-electron chi connectivity index (χ1n) is 6.33. The molecule has 0 bridgehead atoms. The molecule has 1 N–H and O–H groups in total. The minimum atomic E-state index is -0.206. The highest BCUT2D eigenvalue weighted by molar-refractivity contribution is 6.04. The van der Waals surface area contributed by atoms with Crippen molar-refractivity contribution < 1.29 is 4.79 Å². The van der Waals surface area contributed by atoms with Gasteiger partial charge in [-0.05, 0) is 37.6 Å². The monoisotopic (exact) mass is 266 g/mol. The number of carbonyl (C=O) groups is 1. The van der Waals surface area contributed by atoms with Gasteiger partial charge in [-0.3, -0.25) is 9.20 Å². The van der Waals surface area contributed by atoms with Gasteiger partial charge in [0.1, 0.15) is 17.2 Å². The number of rotatable bonds is 2. The van der Waals surface area contributed by atoms with Crippen molar-refractivity contribution in [3.05, 3.63) is 59.7 Å². The topological polar surface area (TPSA) is 59.3 Å². The summed E-state index contributed by atoms with van der Waals surface area (Å²) in [4.78, 5) is 21.0. The van der Waals surface area contributed by atoms with Gasteiger partial charge in [-0.25, -0.2) is 9.97 Å². The second kappa shape index (κ2) is 4.77. The summed E-state index contributed by atoms with van der Waals surface area (Å²) in [6.45, 7) is 3.73. The summed E-state index contributed by atoms with van der Waals surface area (Å²) in [6, 6.07) is 9.38. The first-order chi connectivity index (χ1) is 9.66. The van der Waals surface area contributed by atoms with Gasteiger partial charge >= 0.3 is 0 Å². The minimum absolute atomic E-state index is 0.206.